The number of carbonyl (C=O) groups excluding carboxylic acids is 1. The predicted molar refractivity (Wildman–Crippen MR) is 61.6 cm³/mol. The van der Waals surface area contributed by atoms with Gasteiger partial charge in [-0.15, -0.1) is 0 Å². The lowest BCUT2D eigenvalue weighted by atomic mass is 9.93. The van der Waals surface area contributed by atoms with E-state index in [1.165, 1.54) is 0 Å². The van der Waals surface area contributed by atoms with Crippen molar-refractivity contribution in [1.29, 1.82) is 0 Å². The van der Waals surface area contributed by atoms with Crippen LogP contribution in [0.15, 0.2) is 5.11 Å². The summed E-state index contributed by atoms with van der Waals surface area (Å²) in [4.78, 5) is 16.1. The number of amides is 1. The highest BCUT2D eigenvalue weighted by Gasteiger charge is 2.27. The maximum atomic E-state index is 11.1. The second-order valence-electron chi connectivity index (χ2n) is 4.33. The fourth-order valence-electron chi connectivity index (χ4n) is 2.11. The van der Waals surface area contributed by atoms with Gasteiger partial charge in [-0.3, -0.25) is 9.69 Å². The first-order valence-electron chi connectivity index (χ1n) is 5.69. The van der Waals surface area contributed by atoms with Crippen molar-refractivity contribution in [2.75, 3.05) is 19.6 Å². The smallest absolute Gasteiger partial charge is 0.221 e. The van der Waals surface area contributed by atoms with Gasteiger partial charge in [0.25, 0.3) is 0 Å². The molecule has 1 rings (SSSR count). The number of likely N-dealkylation sites (tertiary alicyclic amines) is 1. The average Bonchev–Trinajstić information content (AvgIpc) is 2.26. The number of piperidine rings is 1. The maximum Gasteiger partial charge on any atom is 0.221 e. The third-order valence-electron chi connectivity index (χ3n) is 3.18. The summed E-state index contributed by atoms with van der Waals surface area (Å²) in [5.41, 5.74) is 13.5. The van der Waals surface area contributed by atoms with Gasteiger partial charge in [0, 0.05) is 24.0 Å². The molecular weight excluding hydrogens is 206 g/mol. The normalized spacial score (nSPS) is 26.1. The van der Waals surface area contributed by atoms with Crippen LogP contribution in [-0.2, 0) is 4.79 Å². The molecule has 0 radical (unpaired) electrons. The molecule has 6 heteroatoms. The molecule has 0 spiro atoms. The standard InChI is InChI=1S/C10H19N5O/c1-8-3-4-9(10(11)16)7-15(8)6-2-5-13-14-12/h8-9H,2-7H2,1H3,(H2,11,16). The minimum absolute atomic E-state index is 0.0179. The van der Waals surface area contributed by atoms with Crippen molar-refractivity contribution in [3.8, 4) is 0 Å². The fraction of sp³-hybridized carbons (Fsp3) is 0.900. The summed E-state index contributed by atoms with van der Waals surface area (Å²) in [5, 5.41) is 3.50. The van der Waals surface area contributed by atoms with Gasteiger partial charge in [-0.25, -0.2) is 0 Å². The van der Waals surface area contributed by atoms with Crippen LogP contribution in [0.2, 0.25) is 0 Å². The zero-order chi connectivity index (χ0) is 12.0. The number of rotatable bonds is 5. The van der Waals surface area contributed by atoms with E-state index >= 15 is 0 Å². The first-order chi connectivity index (χ1) is 7.65. The van der Waals surface area contributed by atoms with Gasteiger partial charge in [0.2, 0.25) is 5.91 Å². The zero-order valence-electron chi connectivity index (χ0n) is 9.67. The van der Waals surface area contributed by atoms with Gasteiger partial charge in [-0.2, -0.15) is 0 Å². The van der Waals surface area contributed by atoms with Crippen molar-refractivity contribution in [2.45, 2.75) is 32.2 Å². The Morgan fingerprint density at radius 2 is 2.38 bits per heavy atom. The highest BCUT2D eigenvalue weighted by molar-refractivity contribution is 5.76. The highest BCUT2D eigenvalue weighted by atomic mass is 16.1. The summed E-state index contributed by atoms with van der Waals surface area (Å²) >= 11 is 0. The quantitative estimate of drug-likeness (QED) is 0.330. The van der Waals surface area contributed by atoms with Crippen molar-refractivity contribution in [1.82, 2.24) is 4.90 Å². The molecule has 2 unspecified atom stereocenters. The van der Waals surface area contributed by atoms with Gasteiger partial charge in [0.15, 0.2) is 0 Å². The summed E-state index contributed by atoms with van der Waals surface area (Å²) < 4.78 is 0. The maximum absolute atomic E-state index is 11.1. The Balaban J connectivity index is 2.37. The van der Waals surface area contributed by atoms with Crippen LogP contribution in [0.4, 0.5) is 0 Å². The van der Waals surface area contributed by atoms with Crippen LogP contribution >= 0.6 is 0 Å². The van der Waals surface area contributed by atoms with Gasteiger partial charge in [-0.05, 0) is 38.3 Å². The van der Waals surface area contributed by atoms with Gasteiger partial charge in [0.05, 0.1) is 5.92 Å². The molecule has 0 aromatic heterocycles. The summed E-state index contributed by atoms with van der Waals surface area (Å²) in [6.45, 7) is 4.28. The number of nitrogens with zero attached hydrogens (tertiary/aromatic N) is 4. The molecule has 0 saturated carbocycles. The number of hydrogen-bond donors (Lipinski definition) is 1. The molecule has 0 aromatic rings. The van der Waals surface area contributed by atoms with Gasteiger partial charge in [-0.1, -0.05) is 5.11 Å². The van der Waals surface area contributed by atoms with E-state index in [2.05, 4.69) is 21.8 Å². The summed E-state index contributed by atoms with van der Waals surface area (Å²) in [6, 6.07) is 0.488. The number of azide groups is 1. The van der Waals surface area contributed by atoms with E-state index in [-0.39, 0.29) is 11.8 Å². The molecule has 1 heterocycles. The lowest BCUT2D eigenvalue weighted by molar-refractivity contribution is -0.123. The molecule has 1 aliphatic rings. The van der Waals surface area contributed by atoms with E-state index < -0.39 is 0 Å². The first kappa shape index (κ1) is 12.8. The largest absolute Gasteiger partial charge is 0.369 e. The molecule has 1 aliphatic heterocycles. The molecule has 2 atom stereocenters. The predicted octanol–water partition coefficient (Wildman–Crippen LogP) is 1.27. The molecule has 0 aliphatic carbocycles. The monoisotopic (exact) mass is 225 g/mol. The Bertz CT molecular complexity index is 287. The van der Waals surface area contributed by atoms with Crippen molar-refractivity contribution < 1.29 is 4.79 Å². The van der Waals surface area contributed by atoms with Crippen molar-refractivity contribution >= 4 is 5.91 Å². The van der Waals surface area contributed by atoms with Crippen LogP contribution < -0.4 is 5.73 Å². The van der Waals surface area contributed by atoms with Crippen LogP contribution in [0.5, 0.6) is 0 Å². The number of nitrogens with two attached hydrogens (primary N) is 1. The Morgan fingerprint density at radius 1 is 1.62 bits per heavy atom. The minimum Gasteiger partial charge on any atom is -0.369 e. The van der Waals surface area contributed by atoms with E-state index in [9.17, 15) is 4.79 Å². The van der Waals surface area contributed by atoms with Crippen LogP contribution in [0.3, 0.4) is 0 Å². The van der Waals surface area contributed by atoms with Crippen LogP contribution in [0.1, 0.15) is 26.2 Å². The number of primary amides is 1. The third kappa shape index (κ3) is 3.72. The third-order valence-corrected chi connectivity index (χ3v) is 3.18. The lowest BCUT2D eigenvalue weighted by Gasteiger charge is -2.36. The Labute approximate surface area is 95.4 Å². The van der Waals surface area contributed by atoms with Gasteiger partial charge in [0.1, 0.15) is 0 Å². The van der Waals surface area contributed by atoms with Crippen molar-refractivity contribution in [3.05, 3.63) is 10.4 Å². The van der Waals surface area contributed by atoms with Crippen molar-refractivity contribution in [2.24, 2.45) is 16.8 Å². The lowest BCUT2D eigenvalue weighted by Crippen LogP contribution is -2.46. The van der Waals surface area contributed by atoms with Crippen LogP contribution in [0.25, 0.3) is 10.4 Å². The SMILES string of the molecule is CC1CCC(C(N)=O)CN1CCCN=[N+]=[N-]. The van der Waals surface area contributed by atoms with Crippen LogP contribution in [0, 0.1) is 5.92 Å². The minimum atomic E-state index is -0.202. The summed E-state index contributed by atoms with van der Waals surface area (Å²) in [6.07, 6.45) is 2.73. The van der Waals surface area contributed by atoms with E-state index in [1.807, 2.05) is 0 Å². The average molecular weight is 225 g/mol. The van der Waals surface area contributed by atoms with E-state index in [0.29, 0.717) is 12.6 Å². The van der Waals surface area contributed by atoms with E-state index in [0.717, 1.165) is 32.4 Å². The number of carbonyl (C=O) groups is 1. The Hall–Kier alpha value is -1.26. The highest BCUT2D eigenvalue weighted by Crippen LogP contribution is 2.21. The number of hydrogen-bond acceptors (Lipinski definition) is 3. The molecular formula is C10H19N5O. The first-order valence-corrected chi connectivity index (χ1v) is 5.69. The molecule has 90 valence electrons. The second kappa shape index (κ2) is 6.35. The molecule has 0 aromatic carbocycles. The molecule has 1 fully saturated rings. The Morgan fingerprint density at radius 3 is 3.00 bits per heavy atom. The summed E-state index contributed by atoms with van der Waals surface area (Å²) in [5.74, 6) is -0.220. The molecule has 16 heavy (non-hydrogen) atoms. The molecule has 0 bridgehead atoms. The molecule has 6 nitrogen and oxygen atoms in total. The van der Waals surface area contributed by atoms with Crippen LogP contribution in [-0.4, -0.2) is 36.5 Å². The topological polar surface area (TPSA) is 95.1 Å². The summed E-state index contributed by atoms with van der Waals surface area (Å²) in [7, 11) is 0. The fourth-order valence-corrected chi connectivity index (χ4v) is 2.11. The van der Waals surface area contributed by atoms with E-state index in [4.69, 9.17) is 11.3 Å². The Kier molecular flexibility index (Phi) is 5.08. The second-order valence-corrected chi connectivity index (χ2v) is 4.33. The molecule has 2 N–H and O–H groups in total. The van der Waals surface area contributed by atoms with Gasteiger partial charge >= 0.3 is 0 Å². The molecule has 1 amide bonds. The molecule has 1 saturated heterocycles. The zero-order valence-corrected chi connectivity index (χ0v) is 9.67. The van der Waals surface area contributed by atoms with Gasteiger partial charge < -0.3 is 5.73 Å². The van der Waals surface area contributed by atoms with E-state index in [1.54, 1.807) is 0 Å². The van der Waals surface area contributed by atoms with Crippen molar-refractivity contribution in [3.63, 3.8) is 0 Å².